The van der Waals surface area contributed by atoms with Crippen molar-refractivity contribution in [2.24, 2.45) is 4.99 Å². The Morgan fingerprint density at radius 3 is 2.85 bits per heavy atom. The molecule has 0 fully saturated rings. The molecule has 0 unspecified atom stereocenters. The minimum atomic E-state index is -0.633. The summed E-state index contributed by atoms with van der Waals surface area (Å²) in [6.07, 6.45) is 0. The summed E-state index contributed by atoms with van der Waals surface area (Å²) in [5.41, 5.74) is 5.80. The van der Waals surface area contributed by atoms with Crippen molar-refractivity contribution in [2.45, 2.75) is 6.92 Å². The summed E-state index contributed by atoms with van der Waals surface area (Å²) < 4.78 is 4.83. The molecule has 6 nitrogen and oxygen atoms in total. The average molecular weight is 320 g/mol. The van der Waals surface area contributed by atoms with Crippen molar-refractivity contribution in [3.8, 4) is 0 Å². The lowest BCUT2D eigenvalue weighted by molar-refractivity contribution is -0.135. The number of halogens is 2. The van der Waals surface area contributed by atoms with Gasteiger partial charge in [-0.2, -0.15) is 0 Å². The Labute approximate surface area is 126 Å². The molecule has 1 rings (SSSR count). The number of hydrogen-bond acceptors (Lipinski definition) is 5. The molecular formula is C12H15Cl2N3O3. The number of anilines is 1. The number of aliphatic hydroxyl groups is 1. The topological polar surface area (TPSA) is 83.0 Å². The normalized spacial score (nSPS) is 11.1. The number of hydrazine groups is 1. The minimum Gasteiger partial charge on any atom is -0.460 e. The molecular weight excluding hydrogens is 305 g/mol. The third kappa shape index (κ3) is 5.24. The third-order valence-corrected chi connectivity index (χ3v) is 2.65. The quantitative estimate of drug-likeness (QED) is 0.334. The van der Waals surface area contributed by atoms with E-state index in [2.05, 4.69) is 15.8 Å². The maximum absolute atomic E-state index is 11.6. The third-order valence-electron chi connectivity index (χ3n) is 2.08. The molecule has 1 aromatic carbocycles. The van der Waals surface area contributed by atoms with Crippen LogP contribution in [0, 0.1) is 0 Å². The number of hydrogen-bond donors (Lipinski definition) is 3. The van der Waals surface area contributed by atoms with Gasteiger partial charge in [-0.1, -0.05) is 23.2 Å². The molecule has 0 heterocycles. The first-order chi connectivity index (χ1) is 9.58. The Kier molecular flexibility index (Phi) is 7.14. The summed E-state index contributed by atoms with van der Waals surface area (Å²) in [4.78, 5) is 15.5. The number of amidine groups is 1. The highest BCUT2D eigenvalue weighted by atomic mass is 35.5. The van der Waals surface area contributed by atoms with Crippen LogP contribution in [-0.4, -0.2) is 36.7 Å². The van der Waals surface area contributed by atoms with E-state index in [1.807, 2.05) is 0 Å². The standard InChI is InChI=1S/C12H15Cl2N3O3/c1-2-20-12(19)11(15-5-6-18)17-16-10-7-8(13)3-4-9(10)14/h3-4,7,16,18H,2,5-6H2,1H3,(H,15,17). The maximum Gasteiger partial charge on any atom is 0.375 e. The van der Waals surface area contributed by atoms with Crippen molar-refractivity contribution in [3.63, 3.8) is 0 Å². The Bertz CT molecular complexity index is 495. The molecule has 0 amide bonds. The molecule has 0 aliphatic carbocycles. The Morgan fingerprint density at radius 1 is 1.45 bits per heavy atom. The highest BCUT2D eigenvalue weighted by Gasteiger charge is 2.12. The van der Waals surface area contributed by atoms with Crippen LogP contribution in [0.25, 0.3) is 0 Å². The number of rotatable bonds is 5. The van der Waals surface area contributed by atoms with Crippen LogP contribution in [0.1, 0.15) is 6.92 Å². The van der Waals surface area contributed by atoms with Crippen molar-refractivity contribution in [2.75, 3.05) is 25.2 Å². The van der Waals surface area contributed by atoms with Crippen molar-refractivity contribution in [1.29, 1.82) is 0 Å². The smallest absolute Gasteiger partial charge is 0.375 e. The Morgan fingerprint density at radius 2 is 2.20 bits per heavy atom. The van der Waals surface area contributed by atoms with Gasteiger partial charge >= 0.3 is 5.97 Å². The van der Waals surface area contributed by atoms with Crippen LogP contribution in [0.5, 0.6) is 0 Å². The van der Waals surface area contributed by atoms with E-state index in [4.69, 9.17) is 33.0 Å². The number of aliphatic hydroxyl groups excluding tert-OH is 1. The summed E-state index contributed by atoms with van der Waals surface area (Å²) >= 11 is 11.8. The zero-order chi connectivity index (χ0) is 15.0. The molecule has 0 radical (unpaired) electrons. The first kappa shape index (κ1) is 16.6. The monoisotopic (exact) mass is 319 g/mol. The van der Waals surface area contributed by atoms with E-state index in [1.54, 1.807) is 25.1 Å². The molecule has 110 valence electrons. The molecule has 0 atom stereocenters. The van der Waals surface area contributed by atoms with Gasteiger partial charge in [-0.15, -0.1) is 0 Å². The molecule has 0 aliphatic heterocycles. The number of benzene rings is 1. The van der Waals surface area contributed by atoms with Gasteiger partial charge in [0.2, 0.25) is 5.84 Å². The summed E-state index contributed by atoms with van der Waals surface area (Å²) in [7, 11) is 0. The number of aliphatic imine (C=N–C) groups is 1. The lowest BCUT2D eigenvalue weighted by Gasteiger charge is -2.12. The molecule has 0 spiro atoms. The summed E-state index contributed by atoms with van der Waals surface area (Å²) in [5.74, 6) is -0.691. The first-order valence-electron chi connectivity index (χ1n) is 5.88. The van der Waals surface area contributed by atoms with Crippen LogP contribution in [0.4, 0.5) is 5.69 Å². The molecule has 0 aromatic heterocycles. The van der Waals surface area contributed by atoms with Crippen molar-refractivity contribution in [3.05, 3.63) is 28.2 Å². The lowest BCUT2D eigenvalue weighted by atomic mass is 10.3. The molecule has 20 heavy (non-hydrogen) atoms. The fraction of sp³-hybridized carbons (Fsp3) is 0.333. The SMILES string of the molecule is CCOC(=O)C(=NCCO)NNc1cc(Cl)ccc1Cl. The molecule has 0 aliphatic rings. The Balaban J connectivity index is 2.75. The van der Waals surface area contributed by atoms with E-state index in [-0.39, 0.29) is 25.6 Å². The van der Waals surface area contributed by atoms with Crippen LogP contribution >= 0.6 is 23.2 Å². The van der Waals surface area contributed by atoms with E-state index in [0.717, 1.165) is 0 Å². The van der Waals surface area contributed by atoms with Gasteiger partial charge in [0.25, 0.3) is 0 Å². The van der Waals surface area contributed by atoms with Gasteiger partial charge in [-0.25, -0.2) is 4.79 Å². The molecule has 0 saturated carbocycles. The van der Waals surface area contributed by atoms with Gasteiger partial charge in [0.15, 0.2) is 0 Å². The number of ether oxygens (including phenoxy) is 1. The zero-order valence-corrected chi connectivity index (χ0v) is 12.3. The summed E-state index contributed by atoms with van der Waals surface area (Å²) in [5, 5.41) is 9.66. The fourth-order valence-electron chi connectivity index (χ4n) is 1.24. The van der Waals surface area contributed by atoms with E-state index < -0.39 is 5.97 Å². The number of nitrogens with zero attached hydrogens (tertiary/aromatic N) is 1. The van der Waals surface area contributed by atoms with Gasteiger partial charge in [0.1, 0.15) is 0 Å². The molecule has 1 aromatic rings. The average Bonchev–Trinajstić information content (AvgIpc) is 2.42. The second-order valence-electron chi connectivity index (χ2n) is 3.55. The molecule has 0 saturated heterocycles. The minimum absolute atomic E-state index is 0.0584. The van der Waals surface area contributed by atoms with Crippen LogP contribution in [0.15, 0.2) is 23.2 Å². The van der Waals surface area contributed by atoms with Gasteiger partial charge in [-0.3, -0.25) is 15.8 Å². The molecule has 3 N–H and O–H groups in total. The van der Waals surface area contributed by atoms with Crippen molar-refractivity contribution < 1.29 is 14.6 Å². The van der Waals surface area contributed by atoms with Crippen molar-refractivity contribution in [1.82, 2.24) is 5.43 Å². The number of carbonyl (C=O) groups is 1. The zero-order valence-electron chi connectivity index (χ0n) is 10.8. The molecule has 0 bridgehead atoms. The van der Waals surface area contributed by atoms with Crippen LogP contribution in [-0.2, 0) is 9.53 Å². The summed E-state index contributed by atoms with van der Waals surface area (Å²) in [6.45, 7) is 1.80. The van der Waals surface area contributed by atoms with Crippen LogP contribution in [0.3, 0.4) is 0 Å². The van der Waals surface area contributed by atoms with Gasteiger partial charge in [0.05, 0.1) is 30.5 Å². The highest BCUT2D eigenvalue weighted by molar-refractivity contribution is 6.36. The van der Waals surface area contributed by atoms with Gasteiger partial charge in [-0.05, 0) is 25.1 Å². The summed E-state index contributed by atoms with van der Waals surface area (Å²) in [6, 6.07) is 4.84. The van der Waals surface area contributed by atoms with Gasteiger partial charge in [0, 0.05) is 5.02 Å². The van der Waals surface area contributed by atoms with E-state index in [1.165, 1.54) is 0 Å². The fourth-order valence-corrected chi connectivity index (χ4v) is 1.57. The largest absolute Gasteiger partial charge is 0.460 e. The Hall–Kier alpha value is -1.50. The van der Waals surface area contributed by atoms with Crippen LogP contribution < -0.4 is 10.9 Å². The number of carbonyl (C=O) groups excluding carboxylic acids is 1. The van der Waals surface area contributed by atoms with E-state index in [0.29, 0.717) is 15.7 Å². The van der Waals surface area contributed by atoms with Crippen molar-refractivity contribution >= 4 is 40.7 Å². The second-order valence-corrected chi connectivity index (χ2v) is 4.39. The second kappa shape index (κ2) is 8.63. The van der Waals surface area contributed by atoms with E-state index in [9.17, 15) is 4.79 Å². The first-order valence-corrected chi connectivity index (χ1v) is 6.63. The number of esters is 1. The van der Waals surface area contributed by atoms with Gasteiger partial charge < -0.3 is 9.84 Å². The van der Waals surface area contributed by atoms with Crippen LogP contribution in [0.2, 0.25) is 10.0 Å². The predicted octanol–water partition coefficient (Wildman–Crippen LogP) is 1.86. The predicted molar refractivity (Wildman–Crippen MR) is 79.2 cm³/mol. The number of nitrogens with one attached hydrogen (secondary N) is 2. The maximum atomic E-state index is 11.6. The van der Waals surface area contributed by atoms with E-state index >= 15 is 0 Å². The highest BCUT2D eigenvalue weighted by Crippen LogP contribution is 2.24. The molecule has 8 heteroatoms. The lowest BCUT2D eigenvalue weighted by Crippen LogP contribution is -2.37.